The quantitative estimate of drug-likeness (QED) is 0.612. The van der Waals surface area contributed by atoms with Crippen molar-refractivity contribution >= 4 is 5.91 Å². The molecule has 4 rings (SSSR count). The fourth-order valence-electron chi connectivity index (χ4n) is 3.35. The molecule has 9 nitrogen and oxygen atoms in total. The Bertz CT molecular complexity index is 997. The van der Waals surface area contributed by atoms with Crippen LogP contribution in [0.1, 0.15) is 30.3 Å². The first-order chi connectivity index (χ1) is 14.6. The molecule has 1 fully saturated rings. The summed E-state index contributed by atoms with van der Waals surface area (Å²) in [6.07, 6.45) is 4.79. The Hall–Kier alpha value is -3.49. The van der Waals surface area contributed by atoms with Gasteiger partial charge in [0.1, 0.15) is 5.69 Å². The Kier molecular flexibility index (Phi) is 5.87. The average molecular weight is 409 g/mol. The first-order valence-corrected chi connectivity index (χ1v) is 9.80. The van der Waals surface area contributed by atoms with Gasteiger partial charge in [-0.05, 0) is 31.9 Å². The highest BCUT2D eigenvalue weighted by Gasteiger charge is 2.28. The van der Waals surface area contributed by atoms with Crippen LogP contribution in [-0.4, -0.2) is 57.8 Å². The molecule has 156 valence electrons. The SMILES string of the molecule is COc1ccccc1OCC(=O)N1CCC(c2nnc(-c3cnc(C)cn3)o2)CC1. The smallest absolute Gasteiger partial charge is 0.267 e. The van der Waals surface area contributed by atoms with Crippen molar-refractivity contribution < 1.29 is 18.7 Å². The second-order valence-electron chi connectivity index (χ2n) is 7.08. The minimum Gasteiger partial charge on any atom is -0.493 e. The zero-order valence-electron chi connectivity index (χ0n) is 16.9. The highest BCUT2D eigenvalue weighted by molar-refractivity contribution is 5.78. The van der Waals surface area contributed by atoms with E-state index >= 15 is 0 Å². The number of para-hydroxylation sites is 2. The van der Waals surface area contributed by atoms with Crippen LogP contribution >= 0.6 is 0 Å². The van der Waals surface area contributed by atoms with Crippen LogP contribution in [-0.2, 0) is 4.79 Å². The molecule has 0 N–H and O–H groups in total. The van der Waals surface area contributed by atoms with E-state index in [4.69, 9.17) is 13.9 Å². The van der Waals surface area contributed by atoms with Gasteiger partial charge in [-0.1, -0.05) is 12.1 Å². The maximum Gasteiger partial charge on any atom is 0.267 e. The number of hydrogen-bond acceptors (Lipinski definition) is 8. The van der Waals surface area contributed by atoms with Crippen molar-refractivity contribution in [3.8, 4) is 23.1 Å². The molecule has 1 amide bonds. The van der Waals surface area contributed by atoms with Gasteiger partial charge in [0.15, 0.2) is 18.1 Å². The molecule has 30 heavy (non-hydrogen) atoms. The summed E-state index contributed by atoms with van der Waals surface area (Å²) in [7, 11) is 1.57. The van der Waals surface area contributed by atoms with Crippen molar-refractivity contribution in [2.75, 3.05) is 26.8 Å². The molecule has 1 saturated heterocycles. The molecule has 9 heteroatoms. The monoisotopic (exact) mass is 409 g/mol. The largest absolute Gasteiger partial charge is 0.493 e. The number of ether oxygens (including phenoxy) is 2. The van der Waals surface area contributed by atoms with Crippen molar-refractivity contribution in [1.82, 2.24) is 25.1 Å². The highest BCUT2D eigenvalue weighted by atomic mass is 16.5. The van der Waals surface area contributed by atoms with Crippen LogP contribution in [0.2, 0.25) is 0 Å². The molecule has 1 aromatic carbocycles. The van der Waals surface area contributed by atoms with E-state index in [1.165, 1.54) is 0 Å². The van der Waals surface area contributed by atoms with Crippen LogP contribution in [0.15, 0.2) is 41.1 Å². The Morgan fingerprint density at radius 1 is 1.13 bits per heavy atom. The molecule has 1 aliphatic heterocycles. The van der Waals surface area contributed by atoms with Crippen molar-refractivity contribution in [2.45, 2.75) is 25.7 Å². The maximum absolute atomic E-state index is 12.5. The zero-order valence-corrected chi connectivity index (χ0v) is 16.9. The maximum atomic E-state index is 12.5. The Morgan fingerprint density at radius 3 is 2.60 bits per heavy atom. The number of rotatable bonds is 6. The topological polar surface area (TPSA) is 103 Å². The van der Waals surface area contributed by atoms with E-state index in [2.05, 4.69) is 20.2 Å². The number of carbonyl (C=O) groups is 1. The highest BCUT2D eigenvalue weighted by Crippen LogP contribution is 2.29. The lowest BCUT2D eigenvalue weighted by molar-refractivity contribution is -0.134. The van der Waals surface area contributed by atoms with Gasteiger partial charge in [-0.25, -0.2) is 4.98 Å². The molecule has 0 saturated carbocycles. The number of aryl methyl sites for hydroxylation is 1. The molecular formula is C21H23N5O4. The summed E-state index contributed by atoms with van der Waals surface area (Å²) in [6, 6.07) is 7.28. The molecule has 0 atom stereocenters. The van der Waals surface area contributed by atoms with Crippen molar-refractivity contribution in [3.63, 3.8) is 0 Å². The molecular weight excluding hydrogens is 386 g/mol. The number of methoxy groups -OCH3 is 1. The fourth-order valence-corrected chi connectivity index (χ4v) is 3.35. The third kappa shape index (κ3) is 4.40. The third-order valence-electron chi connectivity index (χ3n) is 5.06. The van der Waals surface area contributed by atoms with Gasteiger partial charge in [0.2, 0.25) is 5.89 Å². The number of amides is 1. The van der Waals surface area contributed by atoms with Crippen LogP contribution in [0.3, 0.4) is 0 Å². The standard InChI is InChI=1S/C21H23N5O4/c1-14-11-23-16(12-22-14)21-25-24-20(30-21)15-7-9-26(10-8-15)19(27)13-29-18-6-4-3-5-17(18)28-2/h3-6,11-12,15H,7-10,13H2,1-2H3. The molecule has 3 aromatic rings. The van der Waals surface area contributed by atoms with E-state index in [0.29, 0.717) is 42.1 Å². The van der Waals surface area contributed by atoms with Crippen LogP contribution in [0.4, 0.5) is 0 Å². The predicted octanol–water partition coefficient (Wildman–Crippen LogP) is 2.63. The van der Waals surface area contributed by atoms with Crippen molar-refractivity contribution in [2.24, 2.45) is 0 Å². The van der Waals surface area contributed by atoms with E-state index in [-0.39, 0.29) is 18.4 Å². The molecule has 0 aliphatic carbocycles. The third-order valence-corrected chi connectivity index (χ3v) is 5.06. The van der Waals surface area contributed by atoms with Crippen molar-refractivity contribution in [1.29, 1.82) is 0 Å². The number of nitrogens with zero attached hydrogens (tertiary/aromatic N) is 5. The number of hydrogen-bond donors (Lipinski definition) is 0. The second-order valence-corrected chi connectivity index (χ2v) is 7.08. The summed E-state index contributed by atoms with van der Waals surface area (Å²) >= 11 is 0. The predicted molar refractivity (Wildman–Crippen MR) is 107 cm³/mol. The summed E-state index contributed by atoms with van der Waals surface area (Å²) < 4.78 is 16.7. The lowest BCUT2D eigenvalue weighted by Gasteiger charge is -2.30. The van der Waals surface area contributed by atoms with Crippen LogP contribution < -0.4 is 9.47 Å². The van der Waals surface area contributed by atoms with Crippen molar-refractivity contribution in [3.05, 3.63) is 48.2 Å². The molecule has 1 aliphatic rings. The number of carbonyl (C=O) groups excluding carboxylic acids is 1. The van der Waals surface area contributed by atoms with Gasteiger partial charge in [-0.2, -0.15) is 0 Å². The Balaban J connectivity index is 1.30. The minimum absolute atomic E-state index is 0.0260. The lowest BCUT2D eigenvalue weighted by atomic mass is 9.97. The fraction of sp³-hybridized carbons (Fsp3) is 0.381. The van der Waals surface area contributed by atoms with Crippen LogP contribution in [0, 0.1) is 6.92 Å². The van der Waals surface area contributed by atoms with Gasteiger partial charge in [0.05, 0.1) is 19.0 Å². The number of benzene rings is 1. The van der Waals surface area contributed by atoms with Gasteiger partial charge in [-0.3, -0.25) is 9.78 Å². The Morgan fingerprint density at radius 2 is 1.90 bits per heavy atom. The second kappa shape index (κ2) is 8.89. The normalized spacial score (nSPS) is 14.5. The van der Waals surface area contributed by atoms with E-state index in [0.717, 1.165) is 18.5 Å². The summed E-state index contributed by atoms with van der Waals surface area (Å²) in [5.74, 6) is 2.16. The molecule has 0 radical (unpaired) electrons. The first-order valence-electron chi connectivity index (χ1n) is 9.80. The summed E-state index contributed by atoms with van der Waals surface area (Å²) in [5.41, 5.74) is 1.38. The van der Waals surface area contributed by atoms with Crippen LogP contribution in [0.5, 0.6) is 11.5 Å². The molecule has 0 unspecified atom stereocenters. The lowest BCUT2D eigenvalue weighted by Crippen LogP contribution is -2.40. The van der Waals surface area contributed by atoms with Gasteiger partial charge < -0.3 is 18.8 Å². The Labute approximate surface area is 174 Å². The summed E-state index contributed by atoms with van der Waals surface area (Å²) in [5, 5.41) is 8.27. The number of piperidine rings is 1. The van der Waals surface area contributed by atoms with E-state index in [1.54, 1.807) is 36.5 Å². The molecule has 3 heterocycles. The van der Waals surface area contributed by atoms with Gasteiger partial charge in [-0.15, -0.1) is 10.2 Å². The van der Waals surface area contributed by atoms with Gasteiger partial charge in [0.25, 0.3) is 11.8 Å². The molecule has 2 aromatic heterocycles. The zero-order chi connectivity index (χ0) is 20.9. The molecule has 0 bridgehead atoms. The number of likely N-dealkylation sites (tertiary alicyclic amines) is 1. The van der Waals surface area contributed by atoms with E-state index < -0.39 is 0 Å². The molecule has 0 spiro atoms. The average Bonchev–Trinajstić information content (AvgIpc) is 3.28. The van der Waals surface area contributed by atoms with Gasteiger partial charge >= 0.3 is 0 Å². The van der Waals surface area contributed by atoms with E-state index in [9.17, 15) is 4.79 Å². The minimum atomic E-state index is -0.0551. The van der Waals surface area contributed by atoms with E-state index in [1.807, 2.05) is 19.1 Å². The first kappa shape index (κ1) is 19.8. The van der Waals surface area contributed by atoms with Gasteiger partial charge in [0, 0.05) is 25.2 Å². The summed E-state index contributed by atoms with van der Waals surface area (Å²) in [4.78, 5) is 22.8. The van der Waals surface area contributed by atoms with Crippen LogP contribution in [0.25, 0.3) is 11.6 Å². The number of aromatic nitrogens is 4. The summed E-state index contributed by atoms with van der Waals surface area (Å²) in [6.45, 7) is 3.07.